The number of aromatic nitrogens is 1. The zero-order valence-electron chi connectivity index (χ0n) is 15.5. The lowest BCUT2D eigenvalue weighted by Crippen LogP contribution is -2.43. The molecule has 0 saturated heterocycles. The van der Waals surface area contributed by atoms with Crippen LogP contribution >= 0.6 is 0 Å². The van der Waals surface area contributed by atoms with Gasteiger partial charge in [-0.25, -0.2) is 4.79 Å². The van der Waals surface area contributed by atoms with Gasteiger partial charge in [0.05, 0.1) is 12.6 Å². The summed E-state index contributed by atoms with van der Waals surface area (Å²) in [5.41, 5.74) is 1.96. The predicted molar refractivity (Wildman–Crippen MR) is 92.3 cm³/mol. The van der Waals surface area contributed by atoms with E-state index < -0.39 is 12.0 Å². The number of H-pyrrole nitrogens is 1. The molecule has 6 nitrogen and oxygen atoms in total. The first-order chi connectivity index (χ1) is 11.3. The Bertz CT molecular complexity index is 619. The fraction of sp³-hybridized carbons (Fsp3) is 0.611. The van der Waals surface area contributed by atoms with E-state index in [0.717, 1.165) is 6.42 Å². The summed E-state index contributed by atoms with van der Waals surface area (Å²) in [4.78, 5) is 41.6. The Kier molecular flexibility index (Phi) is 7.19. The molecule has 0 aliphatic heterocycles. The maximum absolute atomic E-state index is 13.0. The van der Waals surface area contributed by atoms with E-state index in [4.69, 9.17) is 4.74 Å². The molecule has 1 amide bonds. The Labute approximate surface area is 143 Å². The summed E-state index contributed by atoms with van der Waals surface area (Å²) < 4.78 is 5.01. The first-order valence-electron chi connectivity index (χ1n) is 8.49. The largest absolute Gasteiger partial charge is 0.461 e. The second-order valence-corrected chi connectivity index (χ2v) is 5.83. The molecule has 0 radical (unpaired) electrons. The first-order valence-corrected chi connectivity index (χ1v) is 8.49. The molecule has 0 fully saturated rings. The smallest absolute Gasteiger partial charge is 0.355 e. The summed E-state index contributed by atoms with van der Waals surface area (Å²) in [5.74, 6) is -0.680. The number of nitrogens with one attached hydrogen (secondary N) is 1. The van der Waals surface area contributed by atoms with Crippen LogP contribution < -0.4 is 0 Å². The maximum atomic E-state index is 13.0. The zero-order chi connectivity index (χ0) is 18.4. The van der Waals surface area contributed by atoms with E-state index in [1.54, 1.807) is 39.5 Å². The van der Waals surface area contributed by atoms with E-state index >= 15 is 0 Å². The number of ketones is 1. The van der Waals surface area contributed by atoms with Crippen LogP contribution in [0.3, 0.4) is 0 Å². The van der Waals surface area contributed by atoms with Crippen molar-refractivity contribution in [2.45, 2.75) is 60.4 Å². The molecule has 1 aromatic rings. The van der Waals surface area contributed by atoms with Crippen molar-refractivity contribution >= 4 is 17.7 Å². The van der Waals surface area contributed by atoms with Crippen molar-refractivity contribution in [1.29, 1.82) is 0 Å². The molecule has 1 rings (SSSR count). The van der Waals surface area contributed by atoms with Crippen molar-refractivity contribution in [3.63, 3.8) is 0 Å². The topological polar surface area (TPSA) is 79.5 Å². The molecule has 0 bridgehead atoms. The molecule has 0 spiro atoms. The molecule has 1 heterocycles. The molecule has 1 atom stereocenters. The number of esters is 1. The number of Topliss-reactive ketones (excluding diaryl/α,β-unsaturated/α-hetero) is 1. The number of amides is 1. The summed E-state index contributed by atoms with van der Waals surface area (Å²) in [6.07, 6.45) is 1.14. The van der Waals surface area contributed by atoms with Crippen molar-refractivity contribution in [2.24, 2.45) is 0 Å². The Morgan fingerprint density at radius 2 is 1.79 bits per heavy atom. The molecule has 1 aromatic heterocycles. The third kappa shape index (κ3) is 4.04. The molecule has 134 valence electrons. The number of hydrogen-bond acceptors (Lipinski definition) is 4. The maximum Gasteiger partial charge on any atom is 0.355 e. The second-order valence-electron chi connectivity index (χ2n) is 5.83. The standard InChI is InChI=1S/C18H28N2O4/c1-7-10-20(14(21)8-2)13(6)17(22)15-11(4)16(19-12(15)5)18(23)24-9-3/h13,19H,7-10H2,1-6H3. The minimum Gasteiger partial charge on any atom is -0.461 e. The van der Waals surface area contributed by atoms with Crippen LogP contribution in [0.15, 0.2) is 0 Å². The molecule has 24 heavy (non-hydrogen) atoms. The van der Waals surface area contributed by atoms with Gasteiger partial charge in [0.25, 0.3) is 0 Å². The number of ether oxygens (including phenoxy) is 1. The highest BCUT2D eigenvalue weighted by Crippen LogP contribution is 2.22. The van der Waals surface area contributed by atoms with Crippen LogP contribution in [0.4, 0.5) is 0 Å². The van der Waals surface area contributed by atoms with Crippen LogP contribution in [0, 0.1) is 13.8 Å². The van der Waals surface area contributed by atoms with Crippen LogP contribution in [0.25, 0.3) is 0 Å². The number of rotatable bonds is 8. The van der Waals surface area contributed by atoms with Gasteiger partial charge in [-0.15, -0.1) is 0 Å². The summed E-state index contributed by atoms with van der Waals surface area (Å²) in [6, 6.07) is -0.569. The zero-order valence-corrected chi connectivity index (χ0v) is 15.5. The highest BCUT2D eigenvalue weighted by molar-refractivity contribution is 6.06. The SMILES string of the molecule is CCCN(C(=O)CC)C(C)C(=O)c1c(C)[nH]c(C(=O)OCC)c1C. The molecule has 1 unspecified atom stereocenters. The second kappa shape index (κ2) is 8.66. The lowest BCUT2D eigenvalue weighted by Gasteiger charge is -2.28. The fourth-order valence-electron chi connectivity index (χ4n) is 2.86. The van der Waals surface area contributed by atoms with Gasteiger partial charge in [0.2, 0.25) is 5.91 Å². The molecular formula is C18H28N2O4. The van der Waals surface area contributed by atoms with Gasteiger partial charge in [-0.3, -0.25) is 9.59 Å². The van der Waals surface area contributed by atoms with Gasteiger partial charge in [0.1, 0.15) is 5.69 Å². The molecule has 6 heteroatoms. The van der Waals surface area contributed by atoms with E-state index in [1.807, 2.05) is 6.92 Å². The quantitative estimate of drug-likeness (QED) is 0.584. The van der Waals surface area contributed by atoms with Crippen LogP contribution in [-0.2, 0) is 9.53 Å². The minimum atomic E-state index is -0.569. The third-order valence-electron chi connectivity index (χ3n) is 4.10. The monoisotopic (exact) mass is 336 g/mol. The lowest BCUT2D eigenvalue weighted by molar-refractivity contribution is -0.132. The number of carbonyl (C=O) groups excluding carboxylic acids is 3. The van der Waals surface area contributed by atoms with Gasteiger partial charge in [-0.1, -0.05) is 13.8 Å². The highest BCUT2D eigenvalue weighted by atomic mass is 16.5. The first kappa shape index (κ1) is 19.9. The molecule has 0 saturated carbocycles. The lowest BCUT2D eigenvalue weighted by atomic mass is 9.99. The normalized spacial score (nSPS) is 11.9. The molecule has 1 N–H and O–H groups in total. The Morgan fingerprint density at radius 3 is 2.29 bits per heavy atom. The Morgan fingerprint density at radius 1 is 1.17 bits per heavy atom. The minimum absolute atomic E-state index is 0.0471. The highest BCUT2D eigenvalue weighted by Gasteiger charge is 2.30. The van der Waals surface area contributed by atoms with Crippen molar-refractivity contribution in [3.05, 3.63) is 22.5 Å². The molecule has 0 aliphatic carbocycles. The third-order valence-corrected chi connectivity index (χ3v) is 4.10. The van der Waals surface area contributed by atoms with Gasteiger partial charge in [0, 0.05) is 24.2 Å². The van der Waals surface area contributed by atoms with E-state index in [2.05, 4.69) is 4.98 Å². The summed E-state index contributed by atoms with van der Waals surface area (Å²) in [7, 11) is 0. The average molecular weight is 336 g/mol. The predicted octanol–water partition coefficient (Wildman–Crippen LogP) is 3.03. The van der Waals surface area contributed by atoms with Gasteiger partial charge in [-0.2, -0.15) is 0 Å². The van der Waals surface area contributed by atoms with Crippen LogP contribution in [0.2, 0.25) is 0 Å². The summed E-state index contributed by atoms with van der Waals surface area (Å²) in [5, 5.41) is 0. The number of aryl methyl sites for hydroxylation is 1. The van der Waals surface area contributed by atoms with Crippen LogP contribution in [-0.4, -0.2) is 46.7 Å². The number of hydrogen-bond donors (Lipinski definition) is 1. The van der Waals surface area contributed by atoms with Crippen molar-refractivity contribution in [2.75, 3.05) is 13.2 Å². The number of aromatic amines is 1. The van der Waals surface area contributed by atoms with Gasteiger partial charge in [0.15, 0.2) is 5.78 Å². The van der Waals surface area contributed by atoms with Crippen molar-refractivity contribution < 1.29 is 19.1 Å². The van der Waals surface area contributed by atoms with Gasteiger partial charge < -0.3 is 14.6 Å². The Balaban J connectivity index is 3.18. The fourth-order valence-corrected chi connectivity index (χ4v) is 2.86. The number of nitrogens with zero attached hydrogens (tertiary/aromatic N) is 1. The van der Waals surface area contributed by atoms with Crippen molar-refractivity contribution in [3.8, 4) is 0 Å². The Hall–Kier alpha value is -2.11. The van der Waals surface area contributed by atoms with Crippen LogP contribution in [0.5, 0.6) is 0 Å². The van der Waals surface area contributed by atoms with E-state index in [9.17, 15) is 14.4 Å². The molecule has 0 aliphatic rings. The van der Waals surface area contributed by atoms with Gasteiger partial charge >= 0.3 is 5.97 Å². The van der Waals surface area contributed by atoms with Crippen molar-refractivity contribution in [1.82, 2.24) is 9.88 Å². The molecular weight excluding hydrogens is 308 g/mol. The van der Waals surface area contributed by atoms with E-state index in [-0.39, 0.29) is 18.3 Å². The van der Waals surface area contributed by atoms with Gasteiger partial charge in [-0.05, 0) is 39.7 Å². The summed E-state index contributed by atoms with van der Waals surface area (Å²) >= 11 is 0. The van der Waals surface area contributed by atoms with Crippen LogP contribution in [0.1, 0.15) is 72.6 Å². The van der Waals surface area contributed by atoms with E-state index in [0.29, 0.717) is 35.5 Å². The average Bonchev–Trinajstić information content (AvgIpc) is 2.85. The summed E-state index contributed by atoms with van der Waals surface area (Å²) in [6.45, 7) is 11.5. The number of carbonyl (C=O) groups is 3. The van der Waals surface area contributed by atoms with E-state index in [1.165, 1.54) is 0 Å². The molecule has 0 aromatic carbocycles.